The lowest BCUT2D eigenvalue weighted by molar-refractivity contribution is -0.121. The van der Waals surface area contributed by atoms with Crippen LogP contribution in [-0.2, 0) is 9.53 Å². The number of ether oxygens (including phenoxy) is 1. The Bertz CT molecular complexity index is 1000. The monoisotopic (exact) mass is 421 g/mol. The SMILES string of the molecule is O=C(NC[C@@H]1CCCO1)[C@@H]1Sc2nnc(-c3ccccc3)n2N[C@H]1c1ccccc1. The van der Waals surface area contributed by atoms with Crippen molar-refractivity contribution in [3.63, 3.8) is 0 Å². The number of carbonyl (C=O) groups excluding carboxylic acids is 1. The summed E-state index contributed by atoms with van der Waals surface area (Å²) in [5.74, 6) is 0.713. The summed E-state index contributed by atoms with van der Waals surface area (Å²) in [5, 5.41) is 12.1. The Labute approximate surface area is 179 Å². The Kier molecular flexibility index (Phi) is 5.42. The van der Waals surface area contributed by atoms with Crippen molar-refractivity contribution in [2.75, 3.05) is 18.6 Å². The molecule has 8 heteroatoms. The number of amides is 1. The predicted molar refractivity (Wildman–Crippen MR) is 116 cm³/mol. The van der Waals surface area contributed by atoms with Crippen molar-refractivity contribution in [2.24, 2.45) is 0 Å². The third-order valence-electron chi connectivity index (χ3n) is 5.41. The molecule has 1 aromatic heterocycles. The highest BCUT2D eigenvalue weighted by atomic mass is 32.2. The first-order valence-electron chi connectivity index (χ1n) is 10.2. The lowest BCUT2D eigenvalue weighted by atomic mass is 10.0. The third kappa shape index (κ3) is 3.80. The zero-order valence-electron chi connectivity index (χ0n) is 16.4. The number of benzene rings is 2. The van der Waals surface area contributed by atoms with E-state index in [0.29, 0.717) is 11.7 Å². The van der Waals surface area contributed by atoms with E-state index in [2.05, 4.69) is 20.9 Å². The summed E-state index contributed by atoms with van der Waals surface area (Å²) in [5.41, 5.74) is 5.51. The van der Waals surface area contributed by atoms with E-state index in [1.54, 1.807) is 0 Å². The van der Waals surface area contributed by atoms with E-state index in [1.165, 1.54) is 11.8 Å². The van der Waals surface area contributed by atoms with E-state index in [4.69, 9.17) is 4.74 Å². The molecule has 3 aromatic rings. The van der Waals surface area contributed by atoms with Gasteiger partial charge in [-0.1, -0.05) is 72.4 Å². The number of thioether (sulfide) groups is 1. The van der Waals surface area contributed by atoms with Crippen molar-refractivity contribution < 1.29 is 9.53 Å². The molecule has 7 nitrogen and oxygen atoms in total. The second-order valence-corrected chi connectivity index (χ2v) is 8.55. The van der Waals surface area contributed by atoms with Crippen molar-refractivity contribution in [3.8, 4) is 11.4 Å². The standard InChI is InChI=1S/C22H23N5O2S/c28-21(23-14-17-12-7-13-29-17)19-18(15-8-3-1-4-9-15)26-27-20(24-25-22(27)30-19)16-10-5-2-6-11-16/h1-6,8-11,17-19,26H,7,12-14H2,(H,23,28)/t17-,18-,19+/m0/s1. The molecule has 30 heavy (non-hydrogen) atoms. The average molecular weight is 422 g/mol. The molecular formula is C22H23N5O2S. The van der Waals surface area contributed by atoms with Crippen molar-refractivity contribution in [1.29, 1.82) is 0 Å². The summed E-state index contributed by atoms with van der Waals surface area (Å²) in [6, 6.07) is 19.7. The molecule has 0 bridgehead atoms. The van der Waals surface area contributed by atoms with Crippen LogP contribution >= 0.6 is 11.8 Å². The maximum Gasteiger partial charge on any atom is 0.236 e. The molecule has 0 radical (unpaired) electrons. The van der Waals surface area contributed by atoms with Crippen LogP contribution in [0.5, 0.6) is 0 Å². The summed E-state index contributed by atoms with van der Waals surface area (Å²) < 4.78 is 7.54. The van der Waals surface area contributed by atoms with E-state index in [0.717, 1.165) is 36.4 Å². The lowest BCUT2D eigenvalue weighted by Crippen LogP contribution is -2.45. The minimum atomic E-state index is -0.367. The van der Waals surface area contributed by atoms with Gasteiger partial charge in [0.15, 0.2) is 5.82 Å². The summed E-state index contributed by atoms with van der Waals surface area (Å²) >= 11 is 1.44. The Morgan fingerprint density at radius 2 is 1.90 bits per heavy atom. The van der Waals surface area contributed by atoms with Gasteiger partial charge in [0, 0.05) is 18.7 Å². The molecule has 0 spiro atoms. The van der Waals surface area contributed by atoms with Crippen LogP contribution in [0, 0.1) is 0 Å². The molecule has 154 valence electrons. The van der Waals surface area contributed by atoms with Crippen molar-refractivity contribution in [2.45, 2.75) is 35.4 Å². The lowest BCUT2D eigenvalue weighted by Gasteiger charge is -2.33. The van der Waals surface area contributed by atoms with Crippen molar-refractivity contribution >= 4 is 17.7 Å². The number of carbonyl (C=O) groups is 1. The summed E-state index contributed by atoms with van der Waals surface area (Å²) in [6.07, 6.45) is 2.16. The number of fused-ring (bicyclic) bond motifs is 1. The number of hydrogen-bond acceptors (Lipinski definition) is 6. The molecule has 0 saturated carbocycles. The third-order valence-corrected chi connectivity index (χ3v) is 6.63. The fourth-order valence-electron chi connectivity index (χ4n) is 3.86. The van der Waals surface area contributed by atoms with Gasteiger partial charge in [0.2, 0.25) is 11.1 Å². The average Bonchev–Trinajstić information content (AvgIpc) is 3.47. The molecule has 2 N–H and O–H groups in total. The molecule has 1 amide bonds. The Balaban J connectivity index is 1.43. The van der Waals surface area contributed by atoms with Crippen LogP contribution in [0.1, 0.15) is 24.4 Å². The first-order chi connectivity index (χ1) is 14.8. The topological polar surface area (TPSA) is 81.1 Å². The summed E-state index contributed by atoms with van der Waals surface area (Å²) in [4.78, 5) is 13.1. The minimum absolute atomic E-state index is 0.0210. The summed E-state index contributed by atoms with van der Waals surface area (Å²) in [7, 11) is 0. The molecule has 1 saturated heterocycles. The van der Waals surface area contributed by atoms with E-state index in [9.17, 15) is 4.79 Å². The largest absolute Gasteiger partial charge is 0.376 e. The molecule has 0 aliphatic carbocycles. The number of hydrogen-bond donors (Lipinski definition) is 2. The molecule has 2 aromatic carbocycles. The molecular weight excluding hydrogens is 398 g/mol. The van der Waals surface area contributed by atoms with Gasteiger partial charge in [0.1, 0.15) is 5.25 Å². The fraction of sp³-hybridized carbons (Fsp3) is 0.318. The highest BCUT2D eigenvalue weighted by molar-refractivity contribution is 8.00. The fourth-order valence-corrected chi connectivity index (χ4v) is 4.96. The number of aromatic nitrogens is 3. The molecule has 3 atom stereocenters. The van der Waals surface area contributed by atoms with Gasteiger partial charge < -0.3 is 15.5 Å². The maximum absolute atomic E-state index is 13.1. The number of rotatable bonds is 5. The molecule has 3 heterocycles. The van der Waals surface area contributed by atoms with Crippen LogP contribution in [0.15, 0.2) is 65.8 Å². The zero-order valence-corrected chi connectivity index (χ0v) is 17.2. The molecule has 2 aliphatic heterocycles. The Morgan fingerprint density at radius 1 is 1.13 bits per heavy atom. The normalized spacial score (nSPS) is 22.9. The molecule has 0 unspecified atom stereocenters. The van der Waals surface area contributed by atoms with Crippen LogP contribution < -0.4 is 10.7 Å². The second kappa shape index (κ2) is 8.49. The molecule has 1 fully saturated rings. The Morgan fingerprint density at radius 3 is 2.63 bits per heavy atom. The smallest absolute Gasteiger partial charge is 0.236 e. The van der Waals surface area contributed by atoms with Crippen LogP contribution in [0.2, 0.25) is 0 Å². The maximum atomic E-state index is 13.1. The number of nitrogens with zero attached hydrogens (tertiary/aromatic N) is 3. The quantitative estimate of drug-likeness (QED) is 0.659. The van der Waals surface area contributed by atoms with Crippen LogP contribution in [0.3, 0.4) is 0 Å². The van der Waals surface area contributed by atoms with E-state index < -0.39 is 0 Å². The van der Waals surface area contributed by atoms with Crippen LogP contribution in [0.4, 0.5) is 0 Å². The second-order valence-electron chi connectivity index (χ2n) is 7.44. The van der Waals surface area contributed by atoms with Gasteiger partial charge >= 0.3 is 0 Å². The van der Waals surface area contributed by atoms with Gasteiger partial charge in [-0.25, -0.2) is 4.68 Å². The van der Waals surface area contributed by atoms with Gasteiger partial charge in [-0.3, -0.25) is 4.79 Å². The van der Waals surface area contributed by atoms with Crippen LogP contribution in [-0.4, -0.2) is 45.3 Å². The summed E-state index contributed by atoms with van der Waals surface area (Å²) in [6.45, 7) is 1.32. The van der Waals surface area contributed by atoms with Gasteiger partial charge in [0.05, 0.1) is 12.1 Å². The van der Waals surface area contributed by atoms with Gasteiger partial charge in [-0.15, -0.1) is 10.2 Å². The van der Waals surface area contributed by atoms with Crippen molar-refractivity contribution in [1.82, 2.24) is 20.2 Å². The molecule has 2 aliphatic rings. The van der Waals surface area contributed by atoms with Gasteiger partial charge in [0.25, 0.3) is 0 Å². The van der Waals surface area contributed by atoms with Gasteiger partial charge in [-0.2, -0.15) is 0 Å². The first kappa shape index (κ1) is 19.1. The first-order valence-corrected chi connectivity index (χ1v) is 11.1. The van der Waals surface area contributed by atoms with Gasteiger partial charge in [-0.05, 0) is 18.4 Å². The number of nitrogens with one attached hydrogen (secondary N) is 2. The molecule has 5 rings (SSSR count). The van der Waals surface area contributed by atoms with E-state index >= 15 is 0 Å². The Hall–Kier alpha value is -2.84. The predicted octanol–water partition coefficient (Wildman–Crippen LogP) is 3.00. The highest BCUT2D eigenvalue weighted by Gasteiger charge is 2.38. The minimum Gasteiger partial charge on any atom is -0.376 e. The van der Waals surface area contributed by atoms with E-state index in [-0.39, 0.29) is 23.3 Å². The zero-order chi connectivity index (χ0) is 20.3. The van der Waals surface area contributed by atoms with Crippen molar-refractivity contribution in [3.05, 3.63) is 66.2 Å². The van der Waals surface area contributed by atoms with Crippen LogP contribution in [0.25, 0.3) is 11.4 Å². The van der Waals surface area contributed by atoms with E-state index in [1.807, 2.05) is 65.3 Å². The highest BCUT2D eigenvalue weighted by Crippen LogP contribution is 2.38.